The highest BCUT2D eigenvalue weighted by molar-refractivity contribution is 5.95. The first kappa shape index (κ1) is 18.4. The average molecular weight is 398 g/mol. The van der Waals surface area contributed by atoms with E-state index in [1.807, 2.05) is 11.0 Å². The number of likely N-dealkylation sites (tertiary alicyclic amines) is 1. The first-order valence-electron chi connectivity index (χ1n) is 10.4. The van der Waals surface area contributed by atoms with Crippen molar-refractivity contribution in [1.82, 2.24) is 20.5 Å². The van der Waals surface area contributed by atoms with Crippen molar-refractivity contribution < 1.29 is 18.7 Å². The maximum absolute atomic E-state index is 12.4. The van der Waals surface area contributed by atoms with Crippen LogP contribution in [0.4, 0.5) is 4.79 Å². The Morgan fingerprint density at radius 1 is 1.21 bits per heavy atom. The molecular weight excluding hydrogens is 372 g/mol. The molecule has 3 atom stereocenters. The third-order valence-corrected chi connectivity index (χ3v) is 6.52. The lowest BCUT2D eigenvalue weighted by Crippen LogP contribution is -2.46. The van der Waals surface area contributed by atoms with Crippen LogP contribution in [0, 0.1) is 17.8 Å². The van der Waals surface area contributed by atoms with E-state index in [9.17, 15) is 9.59 Å². The fourth-order valence-corrected chi connectivity index (χ4v) is 4.79. The van der Waals surface area contributed by atoms with Gasteiger partial charge in [0.1, 0.15) is 0 Å². The van der Waals surface area contributed by atoms with Crippen molar-refractivity contribution in [3.8, 4) is 0 Å². The number of ether oxygens (including phenoxy) is 1. The number of piperidine rings is 1. The molecule has 29 heavy (non-hydrogen) atoms. The highest BCUT2D eigenvalue weighted by Crippen LogP contribution is 2.53. The molecule has 3 aliphatic rings. The first-order valence-corrected chi connectivity index (χ1v) is 10.4. The van der Waals surface area contributed by atoms with Crippen molar-refractivity contribution in [1.29, 1.82) is 0 Å². The Labute approximate surface area is 169 Å². The van der Waals surface area contributed by atoms with Gasteiger partial charge in [0.25, 0.3) is 5.91 Å². The molecule has 2 aromatic heterocycles. The van der Waals surface area contributed by atoms with E-state index in [1.165, 1.54) is 0 Å². The zero-order chi connectivity index (χ0) is 19.8. The molecule has 154 valence electrons. The summed E-state index contributed by atoms with van der Waals surface area (Å²) in [5, 5.41) is 6.97. The molecule has 8 heteroatoms. The summed E-state index contributed by atoms with van der Waals surface area (Å²) >= 11 is 0. The number of furan rings is 1. The fraction of sp³-hybridized carbons (Fsp3) is 0.571. The lowest BCUT2D eigenvalue weighted by Gasteiger charge is -2.27. The number of rotatable bonds is 5. The lowest BCUT2D eigenvalue weighted by molar-refractivity contribution is 0.0782. The third kappa shape index (κ3) is 3.81. The number of amides is 3. The molecule has 1 aliphatic carbocycles. The normalized spacial score (nSPS) is 26.3. The van der Waals surface area contributed by atoms with Gasteiger partial charge in [-0.1, -0.05) is 0 Å². The number of carbonyl (C=O) groups is 2. The van der Waals surface area contributed by atoms with Gasteiger partial charge in [0.05, 0.1) is 6.20 Å². The first-order chi connectivity index (χ1) is 14.2. The highest BCUT2D eigenvalue weighted by atomic mass is 16.5. The quantitative estimate of drug-likeness (QED) is 0.803. The van der Waals surface area contributed by atoms with Crippen LogP contribution in [-0.4, -0.2) is 60.7 Å². The number of nitrogens with one attached hydrogen (secondary N) is 2. The Morgan fingerprint density at radius 2 is 2.00 bits per heavy atom. The maximum Gasteiger partial charge on any atom is 0.317 e. The zero-order valence-corrected chi connectivity index (χ0v) is 16.3. The summed E-state index contributed by atoms with van der Waals surface area (Å²) in [4.78, 5) is 30.7. The molecule has 3 fully saturated rings. The van der Waals surface area contributed by atoms with E-state index in [1.54, 1.807) is 18.5 Å². The van der Waals surface area contributed by atoms with E-state index in [0.717, 1.165) is 51.0 Å². The Kier molecular flexibility index (Phi) is 4.87. The molecule has 2 N–H and O–H groups in total. The number of hydrogen-bond donors (Lipinski definition) is 2. The van der Waals surface area contributed by atoms with Crippen LogP contribution >= 0.6 is 0 Å². The molecule has 2 saturated heterocycles. The highest BCUT2D eigenvalue weighted by Gasteiger charge is 2.55. The number of hydrogen-bond acceptors (Lipinski definition) is 5. The summed E-state index contributed by atoms with van der Waals surface area (Å²) in [7, 11) is 0. The second-order valence-corrected chi connectivity index (χ2v) is 8.30. The number of carbonyl (C=O) groups excluding carboxylic acids is 2. The molecule has 5 rings (SSSR count). The van der Waals surface area contributed by atoms with E-state index in [4.69, 9.17) is 9.15 Å². The van der Waals surface area contributed by atoms with Gasteiger partial charge in [-0.05, 0) is 49.1 Å². The molecule has 1 saturated carbocycles. The Bertz CT molecular complexity index is 862. The van der Waals surface area contributed by atoms with Crippen LogP contribution in [0.5, 0.6) is 0 Å². The molecule has 0 aromatic carbocycles. The molecule has 8 nitrogen and oxygen atoms in total. The van der Waals surface area contributed by atoms with Crippen LogP contribution in [0.15, 0.2) is 28.9 Å². The zero-order valence-electron chi connectivity index (χ0n) is 16.3. The van der Waals surface area contributed by atoms with Crippen LogP contribution in [0.2, 0.25) is 0 Å². The summed E-state index contributed by atoms with van der Waals surface area (Å²) in [6.45, 7) is 3.74. The Hall–Kier alpha value is -2.61. The molecule has 4 heterocycles. The number of fused-ring (bicyclic) bond motifs is 2. The predicted molar refractivity (Wildman–Crippen MR) is 105 cm³/mol. The van der Waals surface area contributed by atoms with Crippen LogP contribution < -0.4 is 10.6 Å². The summed E-state index contributed by atoms with van der Waals surface area (Å²) in [6.07, 6.45) is 6.03. The second-order valence-electron chi connectivity index (χ2n) is 8.30. The second kappa shape index (κ2) is 7.67. The standard InChI is InChI=1S/C21H26N4O4/c26-20(18-9-13-1-5-22-10-19(13)29-18)23-6-2-15-16-11-25(12-17(15)16)21(27)24-14-3-7-28-8-4-14/h1,5,9-10,14-17H,2-4,6-8,11-12H2,(H,23,26)(H,24,27)/t15?,16-,17+. The van der Waals surface area contributed by atoms with Crippen molar-refractivity contribution in [3.05, 3.63) is 30.3 Å². The van der Waals surface area contributed by atoms with E-state index >= 15 is 0 Å². The van der Waals surface area contributed by atoms with Gasteiger partial charge in [-0.3, -0.25) is 9.78 Å². The van der Waals surface area contributed by atoms with Crippen LogP contribution in [0.3, 0.4) is 0 Å². The summed E-state index contributed by atoms with van der Waals surface area (Å²) in [5.74, 6) is 1.88. The largest absolute Gasteiger partial charge is 0.449 e. The smallest absolute Gasteiger partial charge is 0.317 e. The average Bonchev–Trinajstić information content (AvgIpc) is 3.11. The van der Waals surface area contributed by atoms with Gasteiger partial charge in [-0.25, -0.2) is 4.79 Å². The molecule has 3 amide bonds. The van der Waals surface area contributed by atoms with Gasteiger partial charge in [0, 0.05) is 50.5 Å². The van der Waals surface area contributed by atoms with E-state index < -0.39 is 0 Å². The SMILES string of the molecule is O=C(NCCC1[C@H]2CN(C(=O)NC3CCOCC3)C[C@@H]12)c1cc2ccncc2o1. The maximum atomic E-state index is 12.4. The topological polar surface area (TPSA) is 96.7 Å². The third-order valence-electron chi connectivity index (χ3n) is 6.52. The van der Waals surface area contributed by atoms with E-state index in [-0.39, 0.29) is 18.0 Å². The van der Waals surface area contributed by atoms with Gasteiger partial charge in [-0.2, -0.15) is 0 Å². The molecule has 0 radical (unpaired) electrons. The monoisotopic (exact) mass is 398 g/mol. The minimum atomic E-state index is -0.190. The fourth-order valence-electron chi connectivity index (χ4n) is 4.79. The lowest BCUT2D eigenvalue weighted by atomic mass is 10.1. The van der Waals surface area contributed by atoms with Crippen molar-refractivity contribution in [3.63, 3.8) is 0 Å². The van der Waals surface area contributed by atoms with Crippen LogP contribution in [-0.2, 0) is 4.74 Å². The van der Waals surface area contributed by atoms with Gasteiger partial charge in [0.15, 0.2) is 11.3 Å². The summed E-state index contributed by atoms with van der Waals surface area (Å²) in [6, 6.07) is 3.88. The van der Waals surface area contributed by atoms with Crippen molar-refractivity contribution in [2.75, 3.05) is 32.8 Å². The molecule has 2 aliphatic heterocycles. The predicted octanol–water partition coefficient (Wildman–Crippen LogP) is 2.01. The Morgan fingerprint density at radius 3 is 2.76 bits per heavy atom. The van der Waals surface area contributed by atoms with Crippen molar-refractivity contribution >= 4 is 22.9 Å². The van der Waals surface area contributed by atoms with E-state index in [0.29, 0.717) is 35.6 Å². The molecule has 0 spiro atoms. The number of nitrogens with zero attached hydrogens (tertiary/aromatic N) is 2. The van der Waals surface area contributed by atoms with E-state index in [2.05, 4.69) is 15.6 Å². The van der Waals surface area contributed by atoms with Gasteiger partial charge >= 0.3 is 6.03 Å². The van der Waals surface area contributed by atoms with Gasteiger partial charge in [0.2, 0.25) is 0 Å². The Balaban J connectivity index is 1.04. The van der Waals surface area contributed by atoms with Crippen molar-refractivity contribution in [2.24, 2.45) is 17.8 Å². The van der Waals surface area contributed by atoms with Crippen LogP contribution in [0.1, 0.15) is 29.8 Å². The molecular formula is C21H26N4O4. The van der Waals surface area contributed by atoms with Gasteiger partial charge in [-0.15, -0.1) is 0 Å². The molecule has 1 unspecified atom stereocenters. The minimum absolute atomic E-state index is 0.0653. The summed E-state index contributed by atoms with van der Waals surface area (Å²) < 4.78 is 10.9. The summed E-state index contributed by atoms with van der Waals surface area (Å²) in [5.41, 5.74) is 0.619. The molecule has 0 bridgehead atoms. The van der Waals surface area contributed by atoms with Crippen LogP contribution in [0.25, 0.3) is 11.0 Å². The number of urea groups is 1. The van der Waals surface area contributed by atoms with Gasteiger partial charge < -0.3 is 24.7 Å². The number of aromatic nitrogens is 1. The molecule has 2 aromatic rings. The minimum Gasteiger partial charge on any atom is -0.449 e. The number of pyridine rings is 1. The van der Waals surface area contributed by atoms with Crippen molar-refractivity contribution in [2.45, 2.75) is 25.3 Å².